The van der Waals surface area contributed by atoms with Gasteiger partial charge in [0.15, 0.2) is 12.6 Å². The Labute approximate surface area is 128 Å². The second-order valence-corrected chi connectivity index (χ2v) is 5.00. The lowest BCUT2D eigenvalue weighted by Crippen LogP contribution is -2.15. The smallest absolute Gasteiger partial charge is 0.334 e. The lowest BCUT2D eigenvalue weighted by Gasteiger charge is -1.87. The first kappa shape index (κ1) is 19.9. The van der Waals surface area contributed by atoms with Crippen LogP contribution in [0.4, 0.5) is 8.28 Å². The van der Waals surface area contributed by atoms with Gasteiger partial charge in [-0.1, -0.05) is 10.5 Å². The third-order valence-corrected chi connectivity index (χ3v) is 2.53. The highest BCUT2D eigenvalue weighted by atomic mass is 32.3. The first-order valence-corrected chi connectivity index (χ1v) is 7.42. The zero-order valence-corrected chi connectivity index (χ0v) is 12.9. The van der Waals surface area contributed by atoms with E-state index in [0.29, 0.717) is 0 Å². The lowest BCUT2D eigenvalue weighted by atomic mass is 10.6. The number of nitrogens with zero attached hydrogens (tertiary/aromatic N) is 5. The Kier molecular flexibility index (Phi) is 8.78. The Morgan fingerprint density at radius 1 is 1.45 bits per heavy atom. The number of aromatic nitrogens is 3. The fourth-order valence-electron chi connectivity index (χ4n) is 1.18. The summed E-state index contributed by atoms with van der Waals surface area (Å²) >= 11 is -0.750. The SMILES string of the molecule is C=CC[N+]1=CC=[N+](C)C1.O=S(=O)(F)c1nnc(F)[n-]1.O=S=O. The van der Waals surface area contributed by atoms with E-state index in [9.17, 15) is 16.7 Å². The lowest BCUT2D eigenvalue weighted by molar-refractivity contribution is -0.695. The Morgan fingerprint density at radius 2 is 2.05 bits per heavy atom. The number of halogens is 2. The normalized spacial score (nSPS) is 12.9. The molecule has 0 aromatic carbocycles. The topological polar surface area (TPSA) is 114 Å². The van der Waals surface area contributed by atoms with Crippen LogP contribution in [0.15, 0.2) is 17.8 Å². The van der Waals surface area contributed by atoms with E-state index in [4.69, 9.17) is 8.42 Å². The maximum Gasteiger partial charge on any atom is 0.337 e. The molecule has 9 nitrogen and oxygen atoms in total. The van der Waals surface area contributed by atoms with Gasteiger partial charge in [-0.2, -0.15) is 30.4 Å². The van der Waals surface area contributed by atoms with Crippen molar-refractivity contribution in [1.82, 2.24) is 15.2 Å². The van der Waals surface area contributed by atoms with Gasteiger partial charge in [-0.05, 0) is 6.08 Å². The van der Waals surface area contributed by atoms with Crippen LogP contribution in [0.25, 0.3) is 0 Å². The summed E-state index contributed by atoms with van der Waals surface area (Å²) in [6, 6.07) is 0. The molecule has 0 atom stereocenters. The van der Waals surface area contributed by atoms with Crippen molar-refractivity contribution in [3.63, 3.8) is 0 Å². The van der Waals surface area contributed by atoms with Crippen LogP contribution in [0.3, 0.4) is 0 Å². The summed E-state index contributed by atoms with van der Waals surface area (Å²) in [4.78, 5) is 2.53. The molecule has 0 N–H and O–H groups in total. The molecule has 0 aliphatic carbocycles. The highest BCUT2D eigenvalue weighted by Gasteiger charge is 2.13. The van der Waals surface area contributed by atoms with Crippen LogP contribution in [-0.2, 0) is 21.8 Å². The Hall–Kier alpha value is -2.15. The van der Waals surface area contributed by atoms with Crippen LogP contribution in [0, 0.1) is 6.08 Å². The molecule has 0 radical (unpaired) electrons. The molecule has 2 rings (SSSR count). The van der Waals surface area contributed by atoms with Crippen LogP contribution in [0.1, 0.15) is 0 Å². The molecule has 0 saturated carbocycles. The predicted molar refractivity (Wildman–Crippen MR) is 71.0 cm³/mol. The molecule has 122 valence electrons. The minimum absolute atomic E-state index is 0.750. The molecule has 1 aromatic rings. The summed E-state index contributed by atoms with van der Waals surface area (Å²) in [5, 5.41) is 3.88. The van der Waals surface area contributed by atoms with Gasteiger partial charge in [0, 0.05) is 0 Å². The Balaban J connectivity index is 0.000000342. The van der Waals surface area contributed by atoms with E-state index in [-0.39, 0.29) is 0 Å². The zero-order chi connectivity index (χ0) is 17.2. The van der Waals surface area contributed by atoms with Crippen molar-refractivity contribution >= 4 is 34.2 Å². The fraction of sp³-hybridized carbons (Fsp3) is 0.333. The van der Waals surface area contributed by atoms with Crippen molar-refractivity contribution in [3.8, 4) is 0 Å². The van der Waals surface area contributed by atoms with Crippen molar-refractivity contribution < 1.29 is 34.3 Å². The monoisotopic (exact) mass is 356 g/mol. The molecule has 2 heterocycles. The van der Waals surface area contributed by atoms with Crippen molar-refractivity contribution in [3.05, 3.63) is 18.7 Å². The van der Waals surface area contributed by atoms with Gasteiger partial charge in [0.2, 0.25) is 12.4 Å². The third-order valence-electron chi connectivity index (χ3n) is 1.92. The average molecular weight is 356 g/mol. The molecule has 13 heteroatoms. The van der Waals surface area contributed by atoms with Crippen LogP contribution in [0.2, 0.25) is 0 Å². The zero-order valence-electron chi connectivity index (χ0n) is 11.3. The summed E-state index contributed by atoms with van der Waals surface area (Å²) < 4.78 is 64.1. The average Bonchev–Trinajstić information content (AvgIpc) is 3.00. The summed E-state index contributed by atoms with van der Waals surface area (Å²) in [7, 11) is -2.95. The number of hydrogen-bond donors (Lipinski definition) is 0. The van der Waals surface area contributed by atoms with Crippen molar-refractivity contribution in [2.24, 2.45) is 0 Å². The quantitative estimate of drug-likeness (QED) is 0.368. The highest BCUT2D eigenvalue weighted by molar-refractivity contribution is 7.86. The molecular formula is C9H12F2N5O4S2+. The number of rotatable bonds is 3. The first-order valence-electron chi connectivity index (χ1n) is 5.37. The molecule has 1 aromatic heterocycles. The summed E-state index contributed by atoms with van der Waals surface area (Å²) in [5.74, 6) is 0. The minimum Gasteiger partial charge on any atom is -0.334 e. The molecule has 1 aliphatic rings. The van der Waals surface area contributed by atoms with E-state index >= 15 is 0 Å². The van der Waals surface area contributed by atoms with Gasteiger partial charge in [-0.3, -0.25) is 0 Å². The molecule has 0 spiro atoms. The van der Waals surface area contributed by atoms with E-state index in [1.54, 1.807) is 0 Å². The van der Waals surface area contributed by atoms with Gasteiger partial charge in [-0.15, -0.1) is 0 Å². The van der Waals surface area contributed by atoms with Crippen molar-refractivity contribution in [1.29, 1.82) is 0 Å². The van der Waals surface area contributed by atoms with Gasteiger partial charge in [0.1, 0.15) is 12.2 Å². The van der Waals surface area contributed by atoms with Gasteiger partial charge < -0.3 is 15.2 Å². The van der Waals surface area contributed by atoms with E-state index < -0.39 is 33.0 Å². The van der Waals surface area contributed by atoms with Crippen LogP contribution in [0.5, 0.6) is 0 Å². The van der Waals surface area contributed by atoms with Crippen LogP contribution >= 0.6 is 0 Å². The van der Waals surface area contributed by atoms with Gasteiger partial charge in [0.05, 0.1) is 0 Å². The van der Waals surface area contributed by atoms with Crippen LogP contribution in [-0.4, -0.2) is 68.9 Å². The second kappa shape index (κ2) is 9.73. The van der Waals surface area contributed by atoms with Crippen molar-refractivity contribution in [2.45, 2.75) is 5.16 Å². The van der Waals surface area contributed by atoms with E-state index in [2.05, 4.69) is 50.4 Å². The summed E-state index contributed by atoms with van der Waals surface area (Å²) in [5.41, 5.74) is 0. The van der Waals surface area contributed by atoms with Gasteiger partial charge in [0.25, 0.3) is 0 Å². The molecule has 0 fully saturated rings. The fourth-order valence-corrected chi connectivity index (χ4v) is 1.51. The molecule has 0 amide bonds. The second-order valence-electron chi connectivity index (χ2n) is 3.63. The molecular weight excluding hydrogens is 344 g/mol. The van der Waals surface area contributed by atoms with E-state index in [1.807, 2.05) is 6.08 Å². The maximum absolute atomic E-state index is 11.8. The Bertz CT molecular complexity index is 707. The minimum atomic E-state index is -5.01. The summed E-state index contributed by atoms with van der Waals surface area (Å²) in [6.45, 7) is 5.59. The third kappa shape index (κ3) is 8.21. The summed E-state index contributed by atoms with van der Waals surface area (Å²) in [6.07, 6.45) is 4.67. The maximum atomic E-state index is 11.8. The molecule has 0 bridgehead atoms. The Morgan fingerprint density at radius 3 is 2.32 bits per heavy atom. The standard InChI is InChI=1S/C7H12N2.C2F2N3O2S.O2S/c1-3-4-9-6-5-8(2)7-9;3-1-5-2(7-6-1)10(4,8)9;1-3-2/h3,5-6H,1,4,7H2,2H3;;/q+2;-1;. The highest BCUT2D eigenvalue weighted by Crippen LogP contribution is 2.02. The molecule has 1 aliphatic heterocycles. The predicted octanol–water partition coefficient (Wildman–Crippen LogP) is -1.50. The number of hydrogen-bond acceptors (Lipinski definition) is 6. The largest absolute Gasteiger partial charge is 0.337 e. The molecule has 0 saturated heterocycles. The van der Waals surface area contributed by atoms with E-state index in [0.717, 1.165) is 13.2 Å². The van der Waals surface area contributed by atoms with Crippen LogP contribution < -0.4 is 4.98 Å². The first-order chi connectivity index (χ1) is 10.2. The van der Waals surface area contributed by atoms with Crippen molar-refractivity contribution in [2.75, 3.05) is 20.3 Å². The van der Waals surface area contributed by atoms with Gasteiger partial charge in [-0.25, -0.2) is 0 Å². The molecule has 22 heavy (non-hydrogen) atoms. The van der Waals surface area contributed by atoms with Gasteiger partial charge >= 0.3 is 28.5 Å². The molecule has 0 unspecified atom stereocenters. The van der Waals surface area contributed by atoms with E-state index in [1.165, 1.54) is 0 Å².